The van der Waals surface area contributed by atoms with E-state index in [1.165, 1.54) is 10.9 Å². The van der Waals surface area contributed by atoms with Gasteiger partial charge in [0, 0.05) is 18.8 Å². The van der Waals surface area contributed by atoms with Gasteiger partial charge in [0.1, 0.15) is 5.15 Å². The largest absolute Gasteiger partial charge is 0.465 e. The smallest absolute Gasteiger partial charge is 0.413 e. The summed E-state index contributed by atoms with van der Waals surface area (Å²) in [5, 5.41) is 18.1. The van der Waals surface area contributed by atoms with Gasteiger partial charge in [0.05, 0.1) is 23.6 Å². The molecule has 0 aliphatic carbocycles. The van der Waals surface area contributed by atoms with E-state index >= 15 is 0 Å². The lowest BCUT2D eigenvalue weighted by Crippen LogP contribution is -2.34. The highest BCUT2D eigenvalue weighted by atomic mass is 35.5. The second-order valence-corrected chi connectivity index (χ2v) is 5.93. The van der Waals surface area contributed by atoms with Crippen LogP contribution >= 0.6 is 24.0 Å². The van der Waals surface area contributed by atoms with E-state index in [1.807, 2.05) is 0 Å². The molecule has 3 N–H and O–H groups in total. The van der Waals surface area contributed by atoms with Crippen LogP contribution in [-0.4, -0.2) is 36.2 Å². The summed E-state index contributed by atoms with van der Waals surface area (Å²) in [6.45, 7) is 1.71. The van der Waals surface area contributed by atoms with Gasteiger partial charge in [-0.25, -0.2) is 14.5 Å². The molecule has 3 heterocycles. The molecule has 142 valence electrons. The highest BCUT2D eigenvalue weighted by molar-refractivity contribution is 6.30. The molecule has 0 saturated heterocycles. The van der Waals surface area contributed by atoms with Gasteiger partial charge in [-0.1, -0.05) is 22.9 Å². The quantitative estimate of drug-likeness (QED) is 0.633. The summed E-state index contributed by atoms with van der Waals surface area (Å²) in [6.07, 6.45) is 1.83. The number of nitrogens with two attached hydrogens (primary N) is 1. The average molecular weight is 410 g/mol. The number of anilines is 2. The van der Waals surface area contributed by atoms with Crippen LogP contribution in [0.4, 0.5) is 16.3 Å². The molecule has 27 heavy (non-hydrogen) atoms. The zero-order valence-corrected chi connectivity index (χ0v) is 16.0. The van der Waals surface area contributed by atoms with E-state index in [2.05, 4.69) is 20.3 Å². The van der Waals surface area contributed by atoms with Crippen LogP contribution in [0, 0.1) is 0 Å². The lowest BCUT2D eigenvalue weighted by molar-refractivity contribution is 0.199. The van der Waals surface area contributed by atoms with E-state index < -0.39 is 12.1 Å². The molecule has 0 spiro atoms. The summed E-state index contributed by atoms with van der Waals surface area (Å²) in [7, 11) is 1.61. The van der Waals surface area contributed by atoms with Gasteiger partial charge in [0.25, 0.3) is 0 Å². The summed E-state index contributed by atoms with van der Waals surface area (Å²) in [6, 6.07) is 6.11. The molecule has 3 aromatic rings. The number of carbonyl (C=O) groups is 1. The molecule has 11 heteroatoms. The molecule has 0 unspecified atom stereocenters. The number of halogens is 2. The number of nitrogen functional groups attached to an aromatic ring is 1. The predicted molar refractivity (Wildman–Crippen MR) is 104 cm³/mol. The maximum Gasteiger partial charge on any atom is 0.413 e. The molecule has 3 rings (SSSR count). The van der Waals surface area contributed by atoms with Crippen molar-refractivity contribution in [2.75, 3.05) is 10.6 Å². The highest BCUT2D eigenvalue weighted by Crippen LogP contribution is 2.34. The second kappa shape index (κ2) is 8.19. The average Bonchev–Trinajstić information content (AvgIpc) is 2.97. The van der Waals surface area contributed by atoms with Crippen LogP contribution in [0.1, 0.15) is 18.5 Å². The minimum Gasteiger partial charge on any atom is -0.465 e. The van der Waals surface area contributed by atoms with E-state index in [0.29, 0.717) is 22.6 Å². The first-order valence-electron chi connectivity index (χ1n) is 7.64. The van der Waals surface area contributed by atoms with Gasteiger partial charge in [-0.15, -0.1) is 17.5 Å². The maximum atomic E-state index is 12.1. The summed E-state index contributed by atoms with van der Waals surface area (Å²) >= 11 is 6.15. The molecular formula is C16H17Cl2N7O2. The first-order valence-corrected chi connectivity index (χ1v) is 8.02. The minimum absolute atomic E-state index is 0. The van der Waals surface area contributed by atoms with E-state index in [0.717, 1.165) is 4.90 Å². The summed E-state index contributed by atoms with van der Waals surface area (Å²) in [4.78, 5) is 21.4. The van der Waals surface area contributed by atoms with E-state index in [4.69, 9.17) is 17.3 Å². The highest BCUT2D eigenvalue weighted by Gasteiger charge is 2.31. The van der Waals surface area contributed by atoms with Gasteiger partial charge in [0.2, 0.25) is 0 Å². The van der Waals surface area contributed by atoms with Crippen LogP contribution in [0.15, 0.2) is 36.7 Å². The normalized spacial score (nSPS) is 11.5. The Morgan fingerprint density at radius 2 is 2.07 bits per heavy atom. The fourth-order valence-electron chi connectivity index (χ4n) is 2.62. The molecular weight excluding hydrogens is 393 g/mol. The van der Waals surface area contributed by atoms with Gasteiger partial charge in [-0.2, -0.15) is 0 Å². The molecule has 1 atom stereocenters. The molecule has 0 aromatic carbocycles. The lowest BCUT2D eigenvalue weighted by atomic mass is 10.1. The second-order valence-electron chi connectivity index (χ2n) is 5.57. The third-order valence-corrected chi connectivity index (χ3v) is 4.20. The number of hydrogen-bond acceptors (Lipinski definition) is 6. The summed E-state index contributed by atoms with van der Waals surface area (Å²) < 4.78 is 1.38. The SMILES string of the molecule is C[C@H](c1cccnc1Cl)N(C(=O)O)c1c(-c2ccc(N)cn2)nnn1C.Cl. The number of carboxylic acid groups (broad SMARTS) is 1. The van der Waals surface area contributed by atoms with Crippen LogP contribution in [0.3, 0.4) is 0 Å². The third kappa shape index (κ3) is 3.93. The maximum absolute atomic E-state index is 12.1. The van der Waals surface area contributed by atoms with E-state index in [-0.39, 0.29) is 23.4 Å². The van der Waals surface area contributed by atoms with Crippen LogP contribution in [0.5, 0.6) is 0 Å². The topological polar surface area (TPSA) is 123 Å². The third-order valence-electron chi connectivity index (χ3n) is 3.89. The number of nitrogens with zero attached hydrogens (tertiary/aromatic N) is 6. The Morgan fingerprint density at radius 1 is 1.33 bits per heavy atom. The van der Waals surface area contributed by atoms with E-state index in [1.54, 1.807) is 44.4 Å². The van der Waals surface area contributed by atoms with Gasteiger partial charge in [-0.3, -0.25) is 9.88 Å². The van der Waals surface area contributed by atoms with Crippen molar-refractivity contribution in [1.82, 2.24) is 25.0 Å². The van der Waals surface area contributed by atoms with Crippen LogP contribution < -0.4 is 10.6 Å². The van der Waals surface area contributed by atoms with Gasteiger partial charge >= 0.3 is 6.09 Å². The number of amides is 1. The van der Waals surface area contributed by atoms with Crippen LogP contribution in [0.2, 0.25) is 5.15 Å². The Balaban J connectivity index is 0.00000261. The van der Waals surface area contributed by atoms with Gasteiger partial charge in [0.15, 0.2) is 11.5 Å². The molecule has 3 aromatic heterocycles. The first-order chi connectivity index (χ1) is 12.4. The fourth-order valence-corrected chi connectivity index (χ4v) is 2.90. The van der Waals surface area contributed by atoms with Crippen molar-refractivity contribution in [3.05, 3.63) is 47.4 Å². The summed E-state index contributed by atoms with van der Waals surface area (Å²) in [5.41, 5.74) is 7.50. The molecule has 0 fully saturated rings. The Labute approximate surface area is 166 Å². The zero-order chi connectivity index (χ0) is 18.8. The zero-order valence-electron chi connectivity index (χ0n) is 14.4. The Kier molecular flexibility index (Phi) is 6.19. The Morgan fingerprint density at radius 3 is 2.67 bits per heavy atom. The standard InChI is InChI=1S/C16H16ClN7O2.ClH/c1-9(11-4-3-7-19-14(11)17)24(16(25)26)15-13(21-22-23(15)2)12-6-5-10(18)8-20-12;/h3-9H,18H2,1-2H3,(H,25,26);1H/t9-;/m1./s1. The minimum atomic E-state index is -1.18. The molecule has 9 nitrogen and oxygen atoms in total. The fraction of sp³-hybridized carbons (Fsp3) is 0.188. The van der Waals surface area contributed by atoms with E-state index in [9.17, 15) is 9.90 Å². The van der Waals surface area contributed by atoms with Crippen LogP contribution in [-0.2, 0) is 7.05 Å². The van der Waals surface area contributed by atoms with Crippen molar-refractivity contribution in [2.45, 2.75) is 13.0 Å². The number of aromatic nitrogens is 5. The molecule has 0 aliphatic heterocycles. The van der Waals surface area contributed by atoms with Crippen molar-refractivity contribution in [1.29, 1.82) is 0 Å². The number of rotatable bonds is 4. The number of hydrogen-bond donors (Lipinski definition) is 2. The van der Waals surface area contributed by atoms with Crippen molar-refractivity contribution >= 4 is 41.6 Å². The van der Waals surface area contributed by atoms with Crippen molar-refractivity contribution in [3.63, 3.8) is 0 Å². The van der Waals surface area contributed by atoms with Crippen molar-refractivity contribution < 1.29 is 9.90 Å². The molecule has 0 aliphatic rings. The van der Waals surface area contributed by atoms with Crippen molar-refractivity contribution in [2.24, 2.45) is 7.05 Å². The first kappa shape index (κ1) is 20.4. The Hall–Kier alpha value is -2.91. The van der Waals surface area contributed by atoms with Crippen LogP contribution in [0.25, 0.3) is 11.4 Å². The number of aryl methyl sites for hydroxylation is 1. The monoisotopic (exact) mass is 409 g/mol. The molecule has 0 bridgehead atoms. The Bertz CT molecular complexity index is 946. The van der Waals surface area contributed by atoms with Crippen molar-refractivity contribution in [3.8, 4) is 11.4 Å². The molecule has 0 radical (unpaired) electrons. The number of pyridine rings is 2. The van der Waals surface area contributed by atoms with Gasteiger partial charge in [-0.05, 0) is 25.1 Å². The predicted octanol–water partition coefficient (Wildman–Crippen LogP) is 3.18. The lowest BCUT2D eigenvalue weighted by Gasteiger charge is -2.27. The molecule has 1 amide bonds. The molecule has 0 saturated carbocycles. The summed E-state index contributed by atoms with van der Waals surface area (Å²) in [5.74, 6) is 0.266. The van der Waals surface area contributed by atoms with Gasteiger partial charge < -0.3 is 10.8 Å².